The molecule has 2 atom stereocenters. The average Bonchev–Trinajstić information content (AvgIpc) is 2.50. The van der Waals surface area contributed by atoms with Gasteiger partial charge in [-0.2, -0.15) is 0 Å². The molecule has 20 nitrogen and oxygen atoms in total. The van der Waals surface area contributed by atoms with Crippen molar-refractivity contribution >= 4 is 83.3 Å². The summed E-state index contributed by atoms with van der Waals surface area (Å²) < 4.78 is 49.6. The van der Waals surface area contributed by atoms with Gasteiger partial charge in [0.1, 0.15) is 6.42 Å². The fourth-order valence-corrected chi connectivity index (χ4v) is 27.5. The minimum absolute atomic E-state index is 0. The van der Waals surface area contributed by atoms with E-state index in [1.54, 1.807) is 13.1 Å². The molecule has 32 heteroatoms. The summed E-state index contributed by atoms with van der Waals surface area (Å²) in [5.41, 5.74) is 0. The molecule has 3 rings (SSSR count). The molecule has 0 amide bonds. The van der Waals surface area contributed by atoms with Crippen molar-refractivity contribution in [3.8, 4) is 0 Å². The molecule has 46 heavy (non-hydrogen) atoms. The van der Waals surface area contributed by atoms with E-state index in [9.17, 15) is 38.4 Å². The molecule has 0 aromatic heterocycles. The van der Waals surface area contributed by atoms with Crippen LogP contribution < -0.4 is 215 Å². The first-order chi connectivity index (χ1) is 17.5. The second-order valence-electron chi connectivity index (χ2n) is 9.64. The standard InChI is InChI=1S/C6H8O4.C4H16O8Si4.C4H12O6Si4.4K.2H2O/c1-6(2)9-4(7)3-5(8)10-6;1-13(5)9-14(2,6)11-16(4,8)12-15(3,7)10-13;1-11-7-12(2)9-14(4,6)10-13(3,5)8-11;;;;;;/h3H2,1-2H3;5-8H,1-4H3;1-4H3;;;;;2*1H2/q;;-4;4*+1;;/p-2. The summed E-state index contributed by atoms with van der Waals surface area (Å²) in [6.07, 6.45) is -0.274. The van der Waals surface area contributed by atoms with Gasteiger partial charge in [-0.3, -0.25) is 9.59 Å². The maximum Gasteiger partial charge on any atom is 1.00 e. The van der Waals surface area contributed by atoms with Crippen molar-refractivity contribution in [3.05, 3.63) is 0 Å². The third-order valence-electron chi connectivity index (χ3n) is 3.84. The van der Waals surface area contributed by atoms with Crippen molar-refractivity contribution in [2.24, 2.45) is 0 Å². The van der Waals surface area contributed by atoms with E-state index in [0.29, 0.717) is 0 Å². The zero-order valence-corrected chi connectivity index (χ0v) is 49.1. The van der Waals surface area contributed by atoms with Crippen LogP contribution in [-0.4, -0.2) is 119 Å². The molecule has 6 N–H and O–H groups in total. The van der Waals surface area contributed by atoms with Crippen LogP contribution in [0.5, 0.6) is 0 Å². The van der Waals surface area contributed by atoms with Crippen molar-refractivity contribution in [1.82, 2.24) is 0 Å². The summed E-state index contributed by atoms with van der Waals surface area (Å²) in [4.78, 5) is 83.4. The van der Waals surface area contributed by atoms with Gasteiger partial charge in [-0.15, -0.1) is 13.1 Å². The van der Waals surface area contributed by atoms with Gasteiger partial charge in [-0.1, -0.05) is 0 Å². The Morgan fingerprint density at radius 1 is 0.609 bits per heavy atom. The molecule has 0 aliphatic carbocycles. The van der Waals surface area contributed by atoms with Gasteiger partial charge in [0.05, 0.1) is 0 Å². The summed E-state index contributed by atoms with van der Waals surface area (Å²) in [7, 11) is -25.3. The fourth-order valence-electron chi connectivity index (χ4n) is 3.39. The minimum Gasteiger partial charge on any atom is -0.870 e. The number of cyclic esters (lactones) is 2. The molecule has 0 aromatic rings. The fraction of sp³-hybridized carbons (Fsp3) is 0.857. The molecule has 3 aliphatic rings. The molecule has 0 spiro atoms. The van der Waals surface area contributed by atoms with Crippen LogP contribution in [0.25, 0.3) is 0 Å². The van der Waals surface area contributed by atoms with Crippen LogP contribution in [0.2, 0.25) is 52.4 Å². The van der Waals surface area contributed by atoms with E-state index in [0.717, 1.165) is 0 Å². The van der Waals surface area contributed by atoms with E-state index in [4.69, 9.17) is 32.9 Å². The van der Waals surface area contributed by atoms with Crippen molar-refractivity contribution in [2.75, 3.05) is 0 Å². The van der Waals surface area contributed by atoms with Gasteiger partial charge in [0, 0.05) is 40.0 Å². The monoisotopic (exact) mass is 906 g/mol. The van der Waals surface area contributed by atoms with E-state index in [1.165, 1.54) is 53.1 Å². The third kappa shape index (κ3) is 29.8. The molecule has 3 fully saturated rings. The Labute approximate surface area is 448 Å². The molecule has 0 bridgehead atoms. The number of ether oxygens (including phenoxy) is 2. The Bertz CT molecular complexity index is 810. The Morgan fingerprint density at radius 3 is 1.07 bits per heavy atom. The van der Waals surface area contributed by atoms with Crippen LogP contribution >= 0.6 is 0 Å². The molecule has 2 unspecified atom stereocenters. The molecule has 3 aliphatic heterocycles. The number of rotatable bonds is 0. The van der Waals surface area contributed by atoms with Gasteiger partial charge in [0.15, 0.2) is 17.6 Å². The molecule has 252 valence electrons. The first-order valence-electron chi connectivity index (χ1n) is 11.5. The van der Waals surface area contributed by atoms with E-state index in [-0.39, 0.29) is 223 Å². The van der Waals surface area contributed by atoms with Gasteiger partial charge in [0.25, 0.3) is 5.79 Å². The zero-order valence-electron chi connectivity index (χ0n) is 28.6. The minimum atomic E-state index is -3.72. The van der Waals surface area contributed by atoms with Crippen LogP contribution in [-0.2, 0) is 52.0 Å². The second kappa shape index (κ2) is 25.8. The first-order valence-corrected chi connectivity index (χ1v) is 28.6. The van der Waals surface area contributed by atoms with Crippen LogP contribution in [0, 0.1) is 0 Å². The molecule has 0 radical (unpaired) electrons. The largest absolute Gasteiger partial charge is 1.00 e. The van der Waals surface area contributed by atoms with Gasteiger partial charge in [0.2, 0.25) is 0 Å². The number of carbonyl (C=O) groups excluding carboxylic acids is 2. The Morgan fingerprint density at radius 2 is 0.848 bits per heavy atom. The Hall–Kier alpha value is 6.58. The quantitative estimate of drug-likeness (QED) is 0.0996. The van der Waals surface area contributed by atoms with E-state index in [1.807, 2.05) is 0 Å². The molecular weight excluding hydrogens is 869 g/mol. The van der Waals surface area contributed by atoms with Crippen molar-refractivity contribution in [2.45, 2.75) is 78.4 Å². The zero-order chi connectivity index (χ0) is 31.6. The summed E-state index contributed by atoms with van der Waals surface area (Å²) in [5.74, 6) is -2.13. The summed E-state index contributed by atoms with van der Waals surface area (Å²) >= 11 is 0. The maximum absolute atomic E-state index is 11.6. The van der Waals surface area contributed by atoms with Crippen LogP contribution in [0.4, 0.5) is 0 Å². The van der Waals surface area contributed by atoms with Crippen molar-refractivity contribution in [3.63, 3.8) is 0 Å². The predicted octanol–water partition coefficient (Wildman–Crippen LogP) is -15.7. The van der Waals surface area contributed by atoms with E-state index >= 15 is 0 Å². The number of esters is 2. The van der Waals surface area contributed by atoms with Gasteiger partial charge < -0.3 is 82.1 Å². The van der Waals surface area contributed by atoms with Gasteiger partial charge in [-0.05, 0) is 31.7 Å². The topological polar surface area (TPSA) is 313 Å². The molecule has 0 saturated carbocycles. The smallest absolute Gasteiger partial charge is 0.870 e. The molecular formula is C14H38K4O20Si8-2. The van der Waals surface area contributed by atoms with Gasteiger partial charge in [-0.25, -0.2) is 0 Å². The first kappa shape index (κ1) is 64.5. The molecule has 3 saturated heterocycles. The molecule has 0 aromatic carbocycles. The predicted molar refractivity (Wildman–Crippen MR) is 145 cm³/mol. The number of carbonyl (C=O) groups is 2. The summed E-state index contributed by atoms with van der Waals surface area (Å²) in [6.45, 7) is 13.9. The Kier molecular flexibility index (Phi) is 36.1. The van der Waals surface area contributed by atoms with Crippen LogP contribution in [0.3, 0.4) is 0 Å². The normalized spacial score (nSPS) is 37.6. The summed E-state index contributed by atoms with van der Waals surface area (Å²) in [6, 6.07) is 0. The average molecular weight is 908 g/mol. The third-order valence-corrected chi connectivity index (χ3v) is 26.5. The van der Waals surface area contributed by atoms with E-state index in [2.05, 4.69) is 9.47 Å². The van der Waals surface area contributed by atoms with Crippen LogP contribution in [0.1, 0.15) is 20.3 Å². The second-order valence-corrected chi connectivity index (χ2v) is 28.8. The van der Waals surface area contributed by atoms with Crippen LogP contribution in [0.15, 0.2) is 0 Å². The maximum atomic E-state index is 11.6. The summed E-state index contributed by atoms with van der Waals surface area (Å²) in [5, 5.41) is 0. The molecule has 3 heterocycles. The van der Waals surface area contributed by atoms with Crippen molar-refractivity contribution in [1.29, 1.82) is 0 Å². The van der Waals surface area contributed by atoms with Gasteiger partial charge >= 0.3 is 253 Å². The number of hydrogen-bond donors (Lipinski definition) is 4. The number of hydrogen-bond acceptors (Lipinski definition) is 20. The SMILES string of the molecule is CC1(C)OC(=O)CC(=O)O1.C[Si-]1O[Si-](C)O[Si](C)([O-])O[Si](C)([O-])O1.C[Si]1(O)O[Si](C)(O)O[Si](C)(O)O[Si](C)(O)O1.[K+].[K+].[K+].[K+].[OH-].[OH-]. The van der Waals surface area contributed by atoms with Crippen molar-refractivity contribution < 1.29 is 297 Å². The van der Waals surface area contributed by atoms with E-state index < -0.39 is 89.1 Å². The Balaban J connectivity index is -0.000000125.